The van der Waals surface area contributed by atoms with Crippen molar-refractivity contribution >= 4 is 5.71 Å². The van der Waals surface area contributed by atoms with Gasteiger partial charge in [0.2, 0.25) is 0 Å². The first-order valence-electron chi connectivity index (χ1n) is 6.48. The van der Waals surface area contributed by atoms with E-state index in [2.05, 4.69) is 5.16 Å². The van der Waals surface area contributed by atoms with Crippen LogP contribution >= 0.6 is 0 Å². The molecule has 0 aliphatic heterocycles. The number of hydrogen-bond donors (Lipinski definition) is 2. The summed E-state index contributed by atoms with van der Waals surface area (Å²) in [6.07, 6.45) is 0. The summed E-state index contributed by atoms with van der Waals surface area (Å²) >= 11 is 0. The zero-order valence-corrected chi connectivity index (χ0v) is 11.7. The molecule has 2 N–H and O–H groups in total. The van der Waals surface area contributed by atoms with Crippen molar-refractivity contribution in [3.8, 4) is 11.5 Å². The predicted molar refractivity (Wildman–Crippen MR) is 79.7 cm³/mol. The van der Waals surface area contributed by atoms with Crippen LogP contribution in [-0.4, -0.2) is 36.2 Å². The summed E-state index contributed by atoms with van der Waals surface area (Å²) in [6, 6.07) is 13.3. The number of ether oxygens (including phenoxy) is 1. The average Bonchev–Trinajstić information content (AvgIpc) is 2.50. The van der Waals surface area contributed by atoms with E-state index in [-0.39, 0.29) is 11.5 Å². The molecule has 0 saturated carbocycles. The van der Waals surface area contributed by atoms with E-state index < -0.39 is 0 Å². The number of hydrogen-bond acceptors (Lipinski definition) is 5. The third-order valence-corrected chi connectivity index (χ3v) is 2.82. The first-order chi connectivity index (χ1) is 10.2. The number of aromatic hydroxyl groups is 2. The van der Waals surface area contributed by atoms with Crippen LogP contribution in [0.1, 0.15) is 11.1 Å². The summed E-state index contributed by atoms with van der Waals surface area (Å²) < 4.78 is 4.91. The van der Waals surface area contributed by atoms with Crippen LogP contribution < -0.4 is 0 Å². The average molecular weight is 287 g/mol. The minimum absolute atomic E-state index is 0.184. The molecule has 5 heteroatoms. The zero-order chi connectivity index (χ0) is 15.1. The van der Waals surface area contributed by atoms with Crippen molar-refractivity contribution in [2.45, 2.75) is 0 Å². The quantitative estimate of drug-likeness (QED) is 0.486. The number of benzene rings is 2. The minimum Gasteiger partial charge on any atom is -0.508 e. The highest BCUT2D eigenvalue weighted by Crippen LogP contribution is 2.17. The van der Waals surface area contributed by atoms with Gasteiger partial charge in [0, 0.05) is 18.2 Å². The van der Waals surface area contributed by atoms with Gasteiger partial charge in [-0.1, -0.05) is 5.16 Å². The van der Waals surface area contributed by atoms with Gasteiger partial charge in [0.25, 0.3) is 0 Å². The molecule has 0 bridgehead atoms. The molecule has 0 fully saturated rings. The van der Waals surface area contributed by atoms with E-state index in [4.69, 9.17) is 9.57 Å². The van der Waals surface area contributed by atoms with E-state index >= 15 is 0 Å². The van der Waals surface area contributed by atoms with E-state index in [0.29, 0.717) is 18.9 Å². The lowest BCUT2D eigenvalue weighted by Crippen LogP contribution is -2.06. The highest BCUT2D eigenvalue weighted by Gasteiger charge is 2.08. The van der Waals surface area contributed by atoms with E-state index in [9.17, 15) is 10.2 Å². The minimum atomic E-state index is 0.184. The van der Waals surface area contributed by atoms with Crippen LogP contribution in [0.4, 0.5) is 0 Å². The molecule has 0 aromatic heterocycles. The molecular weight excluding hydrogens is 270 g/mol. The molecule has 5 nitrogen and oxygen atoms in total. The van der Waals surface area contributed by atoms with E-state index in [1.807, 2.05) is 0 Å². The monoisotopic (exact) mass is 287 g/mol. The number of oxime groups is 1. The van der Waals surface area contributed by atoms with E-state index in [1.165, 1.54) is 0 Å². The molecule has 110 valence electrons. The Morgan fingerprint density at radius 2 is 1.33 bits per heavy atom. The van der Waals surface area contributed by atoms with Crippen molar-refractivity contribution in [1.29, 1.82) is 0 Å². The molecule has 0 spiro atoms. The Morgan fingerprint density at radius 1 is 0.857 bits per heavy atom. The maximum Gasteiger partial charge on any atom is 0.140 e. The van der Waals surface area contributed by atoms with Gasteiger partial charge in [-0.3, -0.25) is 0 Å². The summed E-state index contributed by atoms with van der Waals surface area (Å²) in [5.74, 6) is 0.369. The third-order valence-electron chi connectivity index (χ3n) is 2.82. The van der Waals surface area contributed by atoms with Crippen LogP contribution in [-0.2, 0) is 9.57 Å². The summed E-state index contributed by atoms with van der Waals surface area (Å²) in [7, 11) is 1.59. The standard InChI is InChI=1S/C16H17NO4/c1-20-10-11-21-17-16(12-2-6-14(18)7-3-12)13-4-8-15(19)9-5-13/h2-9,18-19H,10-11H2,1H3. The Balaban J connectivity index is 2.29. The summed E-state index contributed by atoms with van der Waals surface area (Å²) in [4.78, 5) is 5.24. The molecule has 0 amide bonds. The van der Waals surface area contributed by atoms with Crippen LogP contribution in [0.5, 0.6) is 11.5 Å². The van der Waals surface area contributed by atoms with Crippen molar-refractivity contribution in [2.24, 2.45) is 5.16 Å². The van der Waals surface area contributed by atoms with Gasteiger partial charge in [-0.15, -0.1) is 0 Å². The van der Waals surface area contributed by atoms with Crippen molar-refractivity contribution in [2.75, 3.05) is 20.3 Å². The molecule has 0 atom stereocenters. The number of phenols is 2. The van der Waals surface area contributed by atoms with Gasteiger partial charge in [-0.2, -0.15) is 0 Å². The van der Waals surface area contributed by atoms with Gasteiger partial charge in [-0.25, -0.2) is 0 Å². The Bertz CT molecular complexity index is 543. The second-order valence-electron chi connectivity index (χ2n) is 4.36. The second kappa shape index (κ2) is 7.31. The largest absolute Gasteiger partial charge is 0.508 e. The Morgan fingerprint density at radius 3 is 1.76 bits per heavy atom. The molecule has 2 aromatic carbocycles. The fourth-order valence-electron chi connectivity index (χ4n) is 1.74. The second-order valence-corrected chi connectivity index (χ2v) is 4.36. The topological polar surface area (TPSA) is 71.3 Å². The Kier molecular flexibility index (Phi) is 5.17. The molecule has 2 rings (SSSR count). The van der Waals surface area contributed by atoms with Gasteiger partial charge in [0.1, 0.15) is 23.8 Å². The van der Waals surface area contributed by atoms with Crippen molar-refractivity contribution in [3.05, 3.63) is 59.7 Å². The molecule has 21 heavy (non-hydrogen) atoms. The normalized spacial score (nSPS) is 10.1. The number of phenolic OH excluding ortho intramolecular Hbond substituents is 2. The zero-order valence-electron chi connectivity index (χ0n) is 11.7. The molecule has 0 heterocycles. The van der Waals surface area contributed by atoms with Gasteiger partial charge in [-0.05, 0) is 48.5 Å². The SMILES string of the molecule is COCCON=C(c1ccc(O)cc1)c1ccc(O)cc1. The van der Waals surface area contributed by atoms with Crippen LogP contribution in [0.3, 0.4) is 0 Å². The Labute approximate surface area is 123 Å². The predicted octanol–water partition coefficient (Wildman–Crippen LogP) is 2.51. The lowest BCUT2D eigenvalue weighted by molar-refractivity contribution is 0.0753. The maximum absolute atomic E-state index is 9.37. The fraction of sp³-hybridized carbons (Fsp3) is 0.188. The molecular formula is C16H17NO4. The van der Waals surface area contributed by atoms with Gasteiger partial charge in [0.15, 0.2) is 0 Å². The lowest BCUT2D eigenvalue weighted by atomic mass is 10.0. The first kappa shape index (κ1) is 14.9. The van der Waals surface area contributed by atoms with E-state index in [1.54, 1.807) is 55.6 Å². The van der Waals surface area contributed by atoms with Gasteiger partial charge < -0.3 is 19.8 Å². The van der Waals surface area contributed by atoms with Crippen molar-refractivity contribution in [1.82, 2.24) is 0 Å². The molecule has 2 aromatic rings. The van der Waals surface area contributed by atoms with Gasteiger partial charge in [0.05, 0.1) is 6.61 Å². The van der Waals surface area contributed by atoms with Crippen molar-refractivity contribution in [3.63, 3.8) is 0 Å². The van der Waals surface area contributed by atoms with Crippen LogP contribution in [0, 0.1) is 0 Å². The smallest absolute Gasteiger partial charge is 0.140 e. The highest BCUT2D eigenvalue weighted by atomic mass is 16.6. The first-order valence-corrected chi connectivity index (χ1v) is 6.48. The summed E-state index contributed by atoms with van der Waals surface area (Å²) in [6.45, 7) is 0.790. The molecule has 0 aliphatic carbocycles. The molecule has 0 unspecified atom stereocenters. The third kappa shape index (κ3) is 4.22. The van der Waals surface area contributed by atoms with Crippen LogP contribution in [0.2, 0.25) is 0 Å². The van der Waals surface area contributed by atoms with Crippen molar-refractivity contribution < 1.29 is 19.8 Å². The van der Waals surface area contributed by atoms with Crippen LogP contribution in [0.15, 0.2) is 53.7 Å². The lowest BCUT2D eigenvalue weighted by Gasteiger charge is -2.08. The van der Waals surface area contributed by atoms with Crippen LogP contribution in [0.25, 0.3) is 0 Å². The molecule has 0 saturated heterocycles. The Hall–Kier alpha value is -2.53. The summed E-state index contributed by atoms with van der Waals surface area (Å²) in [5, 5.41) is 22.9. The fourth-order valence-corrected chi connectivity index (χ4v) is 1.74. The van der Waals surface area contributed by atoms with Gasteiger partial charge >= 0.3 is 0 Å². The molecule has 0 radical (unpaired) electrons. The number of methoxy groups -OCH3 is 1. The summed E-state index contributed by atoms with van der Waals surface area (Å²) in [5.41, 5.74) is 2.22. The highest BCUT2D eigenvalue weighted by molar-refractivity contribution is 6.12. The number of nitrogens with zero attached hydrogens (tertiary/aromatic N) is 1. The molecule has 0 aliphatic rings. The number of rotatable bonds is 6. The van der Waals surface area contributed by atoms with E-state index in [0.717, 1.165) is 11.1 Å². The maximum atomic E-state index is 9.37.